The van der Waals surface area contributed by atoms with E-state index in [2.05, 4.69) is 10.2 Å². The summed E-state index contributed by atoms with van der Waals surface area (Å²) in [7, 11) is 1.68. The lowest BCUT2D eigenvalue weighted by Crippen LogP contribution is -2.54. The van der Waals surface area contributed by atoms with Crippen LogP contribution in [0, 0.1) is 6.92 Å². The SMILES string of the molecule is Cc1cccc(-c2nnc(SCC(=O)N(C)[C@@]3(c4ccccc4Cl)CCCCC3=O)o2)c1. The third kappa shape index (κ3) is 4.32. The Kier molecular flexibility index (Phi) is 6.67. The van der Waals surface area contributed by atoms with Gasteiger partial charge in [0.05, 0.1) is 5.75 Å². The van der Waals surface area contributed by atoms with E-state index in [0.717, 1.165) is 35.7 Å². The zero-order valence-electron chi connectivity index (χ0n) is 18.0. The lowest BCUT2D eigenvalue weighted by molar-refractivity contribution is -0.146. The van der Waals surface area contributed by atoms with Gasteiger partial charge in [-0.3, -0.25) is 9.59 Å². The molecule has 0 unspecified atom stereocenters. The first-order chi connectivity index (χ1) is 15.4. The van der Waals surface area contributed by atoms with Gasteiger partial charge in [0.2, 0.25) is 11.8 Å². The first-order valence-corrected chi connectivity index (χ1v) is 11.9. The highest BCUT2D eigenvalue weighted by atomic mass is 35.5. The quantitative estimate of drug-likeness (QED) is 0.456. The minimum absolute atomic E-state index is 0.0252. The van der Waals surface area contributed by atoms with Crippen molar-refractivity contribution in [1.82, 2.24) is 15.1 Å². The zero-order chi connectivity index (χ0) is 22.7. The number of amides is 1. The van der Waals surface area contributed by atoms with Crippen molar-refractivity contribution in [3.63, 3.8) is 0 Å². The van der Waals surface area contributed by atoms with Gasteiger partial charge in [0.1, 0.15) is 5.54 Å². The van der Waals surface area contributed by atoms with Crippen LogP contribution in [-0.2, 0) is 15.1 Å². The highest BCUT2D eigenvalue weighted by Gasteiger charge is 2.47. The molecule has 4 rings (SSSR count). The minimum Gasteiger partial charge on any atom is -0.411 e. The molecule has 166 valence electrons. The Morgan fingerprint density at radius 1 is 1.19 bits per heavy atom. The summed E-state index contributed by atoms with van der Waals surface area (Å²) in [6.45, 7) is 1.99. The summed E-state index contributed by atoms with van der Waals surface area (Å²) >= 11 is 7.64. The van der Waals surface area contributed by atoms with Crippen LogP contribution in [0.15, 0.2) is 58.2 Å². The number of nitrogens with zero attached hydrogens (tertiary/aromatic N) is 3. The maximum atomic E-state index is 13.2. The number of ketones is 1. The van der Waals surface area contributed by atoms with E-state index in [0.29, 0.717) is 34.5 Å². The van der Waals surface area contributed by atoms with E-state index in [1.165, 1.54) is 0 Å². The fourth-order valence-electron chi connectivity index (χ4n) is 4.23. The van der Waals surface area contributed by atoms with Crippen LogP contribution in [0.4, 0.5) is 0 Å². The number of Topliss-reactive ketones (excluding diaryl/α,β-unsaturated/α-hetero) is 1. The van der Waals surface area contributed by atoms with Crippen molar-refractivity contribution in [2.24, 2.45) is 0 Å². The summed E-state index contributed by atoms with van der Waals surface area (Å²) in [6, 6.07) is 15.1. The van der Waals surface area contributed by atoms with Crippen molar-refractivity contribution < 1.29 is 14.0 Å². The Hall–Kier alpha value is -2.64. The van der Waals surface area contributed by atoms with Crippen molar-refractivity contribution >= 4 is 35.1 Å². The van der Waals surface area contributed by atoms with Gasteiger partial charge in [-0.2, -0.15) is 0 Å². The van der Waals surface area contributed by atoms with Crippen molar-refractivity contribution in [2.45, 2.75) is 43.4 Å². The summed E-state index contributed by atoms with van der Waals surface area (Å²) in [5, 5.41) is 8.95. The fraction of sp³-hybridized carbons (Fsp3) is 0.333. The molecule has 1 atom stereocenters. The second kappa shape index (κ2) is 9.46. The van der Waals surface area contributed by atoms with Crippen molar-refractivity contribution in [2.75, 3.05) is 12.8 Å². The second-order valence-electron chi connectivity index (χ2n) is 7.95. The molecule has 0 saturated heterocycles. The molecule has 0 radical (unpaired) electrons. The molecule has 1 amide bonds. The lowest BCUT2D eigenvalue weighted by Gasteiger charge is -2.44. The number of carbonyl (C=O) groups is 2. The maximum Gasteiger partial charge on any atom is 0.277 e. The fourth-order valence-corrected chi connectivity index (χ4v) is 5.19. The highest BCUT2D eigenvalue weighted by Crippen LogP contribution is 2.42. The molecule has 2 aromatic carbocycles. The van der Waals surface area contributed by atoms with Crippen LogP contribution >= 0.6 is 23.4 Å². The van der Waals surface area contributed by atoms with Gasteiger partial charge in [-0.1, -0.05) is 59.3 Å². The third-order valence-electron chi connectivity index (χ3n) is 5.91. The Morgan fingerprint density at radius 3 is 2.75 bits per heavy atom. The number of benzene rings is 2. The lowest BCUT2D eigenvalue weighted by atomic mass is 9.74. The van der Waals surface area contributed by atoms with Crippen LogP contribution in [-0.4, -0.2) is 39.6 Å². The van der Waals surface area contributed by atoms with E-state index in [1.54, 1.807) is 18.0 Å². The van der Waals surface area contributed by atoms with Crippen LogP contribution in [0.2, 0.25) is 5.02 Å². The predicted molar refractivity (Wildman–Crippen MR) is 125 cm³/mol. The first kappa shape index (κ1) is 22.6. The number of carbonyl (C=O) groups excluding carboxylic acids is 2. The van der Waals surface area contributed by atoms with E-state index in [1.807, 2.05) is 49.4 Å². The summed E-state index contributed by atoms with van der Waals surface area (Å²) in [4.78, 5) is 27.9. The second-order valence-corrected chi connectivity index (χ2v) is 9.29. The molecule has 1 aliphatic rings. The Bertz CT molecular complexity index is 1150. The van der Waals surface area contributed by atoms with Crippen LogP contribution in [0.25, 0.3) is 11.5 Å². The average molecular weight is 470 g/mol. The number of aromatic nitrogens is 2. The molecule has 1 aromatic heterocycles. The number of rotatable bonds is 6. The molecule has 1 saturated carbocycles. The van der Waals surface area contributed by atoms with Gasteiger partial charge >= 0.3 is 0 Å². The molecule has 0 bridgehead atoms. The first-order valence-electron chi connectivity index (χ1n) is 10.5. The summed E-state index contributed by atoms with van der Waals surface area (Å²) in [5.41, 5.74) is 1.56. The van der Waals surface area contributed by atoms with Gasteiger partial charge in [-0.05, 0) is 44.4 Å². The van der Waals surface area contributed by atoms with Crippen molar-refractivity contribution in [1.29, 1.82) is 0 Å². The molecule has 8 heteroatoms. The zero-order valence-corrected chi connectivity index (χ0v) is 19.6. The minimum atomic E-state index is -1.05. The number of likely N-dealkylation sites (N-methyl/N-ethyl adjacent to an activating group) is 1. The van der Waals surface area contributed by atoms with E-state index >= 15 is 0 Å². The van der Waals surface area contributed by atoms with Crippen LogP contribution in [0.3, 0.4) is 0 Å². The molecule has 1 aliphatic carbocycles. The van der Waals surface area contributed by atoms with Gasteiger partial charge in [0, 0.05) is 29.6 Å². The summed E-state index contributed by atoms with van der Waals surface area (Å²) in [6.07, 6.45) is 2.66. The summed E-state index contributed by atoms with van der Waals surface area (Å²) in [5.74, 6) is 0.315. The van der Waals surface area contributed by atoms with E-state index in [-0.39, 0.29) is 17.4 Å². The van der Waals surface area contributed by atoms with Gasteiger partial charge in [-0.25, -0.2) is 0 Å². The van der Waals surface area contributed by atoms with Crippen LogP contribution < -0.4 is 0 Å². The highest BCUT2D eigenvalue weighted by molar-refractivity contribution is 7.99. The molecule has 1 heterocycles. The van der Waals surface area contributed by atoms with Crippen molar-refractivity contribution in [3.8, 4) is 11.5 Å². The molecular weight excluding hydrogens is 446 g/mol. The number of halogens is 1. The van der Waals surface area contributed by atoms with Gasteiger partial charge in [-0.15, -0.1) is 10.2 Å². The van der Waals surface area contributed by atoms with E-state index < -0.39 is 5.54 Å². The molecule has 6 nitrogen and oxygen atoms in total. The largest absolute Gasteiger partial charge is 0.411 e. The topological polar surface area (TPSA) is 76.3 Å². The number of aryl methyl sites for hydroxylation is 1. The van der Waals surface area contributed by atoms with Crippen LogP contribution in [0.5, 0.6) is 0 Å². The molecular formula is C24H24ClN3O3S. The third-order valence-corrected chi connectivity index (χ3v) is 7.04. The standard InChI is InChI=1S/C24H24ClN3O3S/c1-16-8-7-9-17(14-16)22-26-27-23(31-22)32-15-21(30)28(2)24(13-6-5-12-20(24)29)18-10-3-4-11-19(18)25/h3-4,7-11,14H,5-6,12-13,15H2,1-2H3/t24-/m1/s1. The van der Waals surface area contributed by atoms with Gasteiger partial charge < -0.3 is 9.32 Å². The average Bonchev–Trinajstić information content (AvgIpc) is 3.27. The Labute approximate surface area is 196 Å². The predicted octanol–water partition coefficient (Wildman–Crippen LogP) is 5.29. The Balaban J connectivity index is 1.52. The number of hydrogen-bond acceptors (Lipinski definition) is 6. The monoisotopic (exact) mass is 469 g/mol. The Morgan fingerprint density at radius 2 is 2.00 bits per heavy atom. The molecule has 3 aromatic rings. The molecule has 0 N–H and O–H groups in total. The van der Waals surface area contributed by atoms with Gasteiger partial charge in [0.25, 0.3) is 5.22 Å². The normalized spacial score (nSPS) is 18.5. The summed E-state index contributed by atoms with van der Waals surface area (Å²) < 4.78 is 5.73. The molecule has 32 heavy (non-hydrogen) atoms. The van der Waals surface area contributed by atoms with Crippen LogP contribution in [0.1, 0.15) is 36.8 Å². The van der Waals surface area contributed by atoms with Gasteiger partial charge in [0.15, 0.2) is 5.78 Å². The number of hydrogen-bond donors (Lipinski definition) is 0. The maximum absolute atomic E-state index is 13.2. The number of thioether (sulfide) groups is 1. The molecule has 0 spiro atoms. The molecule has 1 fully saturated rings. The van der Waals surface area contributed by atoms with E-state index in [9.17, 15) is 9.59 Å². The van der Waals surface area contributed by atoms with E-state index in [4.69, 9.17) is 16.0 Å². The molecule has 0 aliphatic heterocycles. The van der Waals surface area contributed by atoms with Crippen molar-refractivity contribution in [3.05, 3.63) is 64.7 Å². The smallest absolute Gasteiger partial charge is 0.277 e.